The second-order valence-electron chi connectivity index (χ2n) is 5.78. The van der Waals surface area contributed by atoms with Crippen LogP contribution in [0.25, 0.3) is 0 Å². The fourth-order valence-corrected chi connectivity index (χ4v) is 4.47. The van der Waals surface area contributed by atoms with Gasteiger partial charge in [0.15, 0.2) is 0 Å². The first-order valence-electron chi connectivity index (χ1n) is 7.54. The molecule has 0 radical (unpaired) electrons. The maximum absolute atomic E-state index is 12.6. The van der Waals surface area contributed by atoms with Crippen molar-refractivity contribution in [2.24, 2.45) is 11.3 Å². The van der Waals surface area contributed by atoms with Crippen LogP contribution in [0.15, 0.2) is 29.2 Å². The number of hydrogen-bond donors (Lipinski definition) is 2. The third-order valence-electron chi connectivity index (χ3n) is 4.94. The Bertz CT molecular complexity index is 555. The summed E-state index contributed by atoms with van der Waals surface area (Å²) in [6.07, 6.45) is 4.13. The van der Waals surface area contributed by atoms with Crippen LogP contribution in [0.3, 0.4) is 0 Å². The Balaban J connectivity index is 2.14. The minimum atomic E-state index is -3.39. The topological polar surface area (TPSA) is 75.4 Å². The van der Waals surface area contributed by atoms with Crippen LogP contribution in [0.2, 0.25) is 0 Å². The van der Waals surface area contributed by atoms with Gasteiger partial charge >= 0.3 is 0 Å². The van der Waals surface area contributed by atoms with E-state index in [-0.39, 0.29) is 0 Å². The van der Waals surface area contributed by atoms with E-state index in [1.807, 2.05) is 0 Å². The number of benzene rings is 1. The number of nitrogens with one attached hydrogen (secondary N) is 1. The zero-order valence-corrected chi connectivity index (χ0v) is 13.6. The summed E-state index contributed by atoms with van der Waals surface area (Å²) in [5, 5.41) is 0. The first kappa shape index (κ1) is 16.3. The first-order valence-corrected chi connectivity index (χ1v) is 8.98. The van der Waals surface area contributed by atoms with E-state index in [1.54, 1.807) is 28.6 Å². The van der Waals surface area contributed by atoms with E-state index in [4.69, 9.17) is 5.84 Å². The van der Waals surface area contributed by atoms with Gasteiger partial charge in [-0.15, -0.1) is 0 Å². The summed E-state index contributed by atoms with van der Waals surface area (Å²) in [5.41, 5.74) is 3.52. The van der Waals surface area contributed by atoms with Crippen LogP contribution in [-0.2, 0) is 10.0 Å². The van der Waals surface area contributed by atoms with Crippen LogP contribution in [-0.4, -0.2) is 25.8 Å². The molecule has 1 aromatic carbocycles. The van der Waals surface area contributed by atoms with Gasteiger partial charge in [0.1, 0.15) is 0 Å². The van der Waals surface area contributed by atoms with Crippen molar-refractivity contribution in [2.45, 2.75) is 44.4 Å². The van der Waals surface area contributed by atoms with Crippen LogP contribution in [0, 0.1) is 5.41 Å². The average molecular weight is 311 g/mol. The largest absolute Gasteiger partial charge is 0.324 e. The van der Waals surface area contributed by atoms with Gasteiger partial charge in [0.2, 0.25) is 10.0 Å². The van der Waals surface area contributed by atoms with Gasteiger partial charge in [0.05, 0.1) is 4.90 Å². The number of piperidine rings is 1. The Morgan fingerprint density at radius 2 is 1.67 bits per heavy atom. The van der Waals surface area contributed by atoms with Crippen molar-refractivity contribution in [3.8, 4) is 0 Å². The molecule has 5 nitrogen and oxygen atoms in total. The van der Waals surface area contributed by atoms with E-state index < -0.39 is 10.0 Å². The van der Waals surface area contributed by atoms with Crippen molar-refractivity contribution >= 4 is 15.7 Å². The highest BCUT2D eigenvalue weighted by atomic mass is 32.2. The van der Waals surface area contributed by atoms with Gasteiger partial charge in [-0.1, -0.05) is 26.7 Å². The van der Waals surface area contributed by atoms with E-state index in [9.17, 15) is 8.42 Å². The van der Waals surface area contributed by atoms with Gasteiger partial charge in [-0.3, -0.25) is 5.84 Å². The molecule has 1 heterocycles. The fourth-order valence-electron chi connectivity index (χ4n) is 3.03. The molecule has 1 aromatic rings. The number of hydrogen-bond acceptors (Lipinski definition) is 4. The Morgan fingerprint density at radius 1 is 1.14 bits per heavy atom. The van der Waals surface area contributed by atoms with E-state index in [0.29, 0.717) is 29.1 Å². The lowest BCUT2D eigenvalue weighted by Gasteiger charge is -2.40. The predicted octanol–water partition coefficient (Wildman–Crippen LogP) is 2.56. The summed E-state index contributed by atoms with van der Waals surface area (Å²) < 4.78 is 26.9. The summed E-state index contributed by atoms with van der Waals surface area (Å²) in [5.74, 6) is 5.30. The molecule has 0 aromatic heterocycles. The minimum Gasteiger partial charge on any atom is -0.324 e. The summed E-state index contributed by atoms with van der Waals surface area (Å²) in [4.78, 5) is 0.335. The van der Waals surface area contributed by atoms with Crippen molar-refractivity contribution < 1.29 is 8.42 Å². The standard InChI is InChI=1S/C15H25N3O2S/c1-3-15(4-2)9-11-18(12-10-15)21(19,20)14-7-5-13(17-16)6-8-14/h5-8,17H,3-4,9-12,16H2,1-2H3. The molecule has 2 rings (SSSR count). The molecular formula is C15H25N3O2S. The van der Waals surface area contributed by atoms with E-state index in [1.165, 1.54) is 0 Å². The van der Waals surface area contributed by atoms with Gasteiger partial charge in [0.25, 0.3) is 0 Å². The average Bonchev–Trinajstić information content (AvgIpc) is 2.55. The SMILES string of the molecule is CCC1(CC)CCN(S(=O)(=O)c2ccc(NN)cc2)CC1. The smallest absolute Gasteiger partial charge is 0.243 e. The lowest BCUT2D eigenvalue weighted by atomic mass is 9.75. The molecule has 0 bridgehead atoms. The Labute approximate surface area is 127 Å². The van der Waals surface area contributed by atoms with E-state index >= 15 is 0 Å². The number of hydrazine groups is 1. The van der Waals surface area contributed by atoms with Gasteiger partial charge in [0, 0.05) is 18.8 Å². The molecule has 1 aliphatic heterocycles. The molecule has 118 valence electrons. The first-order chi connectivity index (χ1) is 9.97. The van der Waals surface area contributed by atoms with Crippen LogP contribution < -0.4 is 11.3 Å². The third kappa shape index (κ3) is 3.22. The number of anilines is 1. The summed E-state index contributed by atoms with van der Waals surface area (Å²) >= 11 is 0. The van der Waals surface area contributed by atoms with E-state index in [2.05, 4.69) is 19.3 Å². The van der Waals surface area contributed by atoms with Crippen LogP contribution in [0.1, 0.15) is 39.5 Å². The van der Waals surface area contributed by atoms with Crippen LogP contribution in [0.5, 0.6) is 0 Å². The van der Waals surface area contributed by atoms with Gasteiger partial charge in [-0.25, -0.2) is 8.42 Å². The van der Waals surface area contributed by atoms with Crippen LogP contribution >= 0.6 is 0 Å². The Kier molecular flexibility index (Phi) is 4.91. The number of rotatable bonds is 5. The molecule has 1 fully saturated rings. The number of nitrogen functional groups attached to an aromatic ring is 1. The third-order valence-corrected chi connectivity index (χ3v) is 6.85. The zero-order chi connectivity index (χ0) is 15.5. The predicted molar refractivity (Wildman–Crippen MR) is 85.3 cm³/mol. The fraction of sp³-hybridized carbons (Fsp3) is 0.600. The zero-order valence-electron chi connectivity index (χ0n) is 12.8. The molecule has 0 atom stereocenters. The highest BCUT2D eigenvalue weighted by Crippen LogP contribution is 2.39. The normalized spacial score (nSPS) is 19.4. The molecule has 0 saturated carbocycles. The minimum absolute atomic E-state index is 0.319. The Morgan fingerprint density at radius 3 is 2.10 bits per heavy atom. The molecule has 6 heteroatoms. The molecule has 3 N–H and O–H groups in total. The summed E-state index contributed by atoms with van der Waals surface area (Å²) in [6.45, 7) is 5.63. The number of nitrogens with two attached hydrogens (primary N) is 1. The molecule has 0 unspecified atom stereocenters. The quantitative estimate of drug-likeness (QED) is 0.647. The molecule has 0 aliphatic carbocycles. The lowest BCUT2D eigenvalue weighted by molar-refractivity contribution is 0.141. The molecule has 21 heavy (non-hydrogen) atoms. The number of nitrogens with zero attached hydrogens (tertiary/aromatic N) is 1. The highest BCUT2D eigenvalue weighted by Gasteiger charge is 2.36. The second-order valence-corrected chi connectivity index (χ2v) is 7.72. The highest BCUT2D eigenvalue weighted by molar-refractivity contribution is 7.89. The van der Waals surface area contributed by atoms with Crippen molar-refractivity contribution in [1.82, 2.24) is 4.31 Å². The molecule has 1 saturated heterocycles. The van der Waals surface area contributed by atoms with Gasteiger partial charge < -0.3 is 5.43 Å². The monoisotopic (exact) mass is 311 g/mol. The van der Waals surface area contributed by atoms with E-state index in [0.717, 1.165) is 25.7 Å². The molecule has 1 aliphatic rings. The second kappa shape index (κ2) is 6.34. The molecule has 0 amide bonds. The van der Waals surface area contributed by atoms with Crippen molar-refractivity contribution in [1.29, 1.82) is 0 Å². The summed E-state index contributed by atoms with van der Waals surface area (Å²) in [7, 11) is -3.39. The van der Waals surface area contributed by atoms with Crippen molar-refractivity contribution in [2.75, 3.05) is 18.5 Å². The maximum Gasteiger partial charge on any atom is 0.243 e. The van der Waals surface area contributed by atoms with Crippen LogP contribution in [0.4, 0.5) is 5.69 Å². The molecule has 0 spiro atoms. The lowest BCUT2D eigenvalue weighted by Crippen LogP contribution is -2.42. The maximum atomic E-state index is 12.6. The van der Waals surface area contributed by atoms with Crippen molar-refractivity contribution in [3.05, 3.63) is 24.3 Å². The Hall–Kier alpha value is -1.11. The van der Waals surface area contributed by atoms with Crippen molar-refractivity contribution in [3.63, 3.8) is 0 Å². The van der Waals surface area contributed by atoms with Gasteiger partial charge in [-0.05, 0) is 42.5 Å². The van der Waals surface area contributed by atoms with Gasteiger partial charge in [-0.2, -0.15) is 4.31 Å². The molecular weight excluding hydrogens is 286 g/mol. The number of sulfonamides is 1. The summed E-state index contributed by atoms with van der Waals surface area (Å²) in [6, 6.07) is 6.57.